The van der Waals surface area contributed by atoms with Crippen molar-refractivity contribution in [1.29, 1.82) is 0 Å². The third-order valence-corrected chi connectivity index (χ3v) is 4.33. The Hall–Kier alpha value is -1.26. The van der Waals surface area contributed by atoms with Crippen LogP contribution in [-0.2, 0) is 4.74 Å². The molecule has 0 saturated carbocycles. The molecule has 20 heavy (non-hydrogen) atoms. The lowest BCUT2D eigenvalue weighted by Gasteiger charge is -2.44. The van der Waals surface area contributed by atoms with Gasteiger partial charge in [-0.25, -0.2) is 0 Å². The van der Waals surface area contributed by atoms with Crippen LogP contribution in [0.25, 0.3) is 0 Å². The maximum absolute atomic E-state index is 6.38. The van der Waals surface area contributed by atoms with Crippen LogP contribution in [0.4, 0.5) is 0 Å². The minimum absolute atomic E-state index is 0.0676. The number of benzene rings is 1. The largest absolute Gasteiger partial charge is 0.496 e. The Kier molecular flexibility index (Phi) is 3.85. The van der Waals surface area contributed by atoms with Crippen LogP contribution in [-0.4, -0.2) is 32.4 Å². The van der Waals surface area contributed by atoms with Crippen LogP contribution >= 0.6 is 0 Å². The second-order valence-corrected chi connectivity index (χ2v) is 5.56. The summed E-state index contributed by atoms with van der Waals surface area (Å²) in [5.74, 6) is 1.79. The van der Waals surface area contributed by atoms with E-state index < -0.39 is 0 Å². The van der Waals surface area contributed by atoms with E-state index in [-0.39, 0.29) is 11.7 Å². The number of ether oxygens (including phenoxy) is 3. The number of hydrogen-bond acceptors (Lipinski definition) is 4. The van der Waals surface area contributed by atoms with Gasteiger partial charge in [-0.3, -0.25) is 0 Å². The van der Waals surface area contributed by atoms with Gasteiger partial charge in [0.2, 0.25) is 0 Å². The van der Waals surface area contributed by atoms with E-state index in [2.05, 4.69) is 5.32 Å². The maximum Gasteiger partial charge on any atom is 0.129 e. The molecule has 0 aromatic heterocycles. The topological polar surface area (TPSA) is 39.7 Å². The Labute approximate surface area is 120 Å². The van der Waals surface area contributed by atoms with Gasteiger partial charge in [0.05, 0.1) is 18.8 Å². The molecule has 1 unspecified atom stereocenters. The summed E-state index contributed by atoms with van der Waals surface area (Å²) in [4.78, 5) is 0. The quantitative estimate of drug-likeness (QED) is 0.922. The average Bonchev–Trinajstić information content (AvgIpc) is 2.47. The SMILES string of the molecule is CCOC1CC2(CCNCC2)Oc2cccc(OC)c21. The van der Waals surface area contributed by atoms with Crippen molar-refractivity contribution < 1.29 is 14.2 Å². The van der Waals surface area contributed by atoms with Crippen molar-refractivity contribution in [1.82, 2.24) is 5.32 Å². The van der Waals surface area contributed by atoms with Crippen LogP contribution in [0.3, 0.4) is 0 Å². The summed E-state index contributed by atoms with van der Waals surface area (Å²) in [6.07, 6.45) is 3.05. The van der Waals surface area contributed by atoms with Gasteiger partial charge in [0.25, 0.3) is 0 Å². The van der Waals surface area contributed by atoms with Crippen LogP contribution in [0, 0.1) is 0 Å². The highest BCUT2D eigenvalue weighted by Crippen LogP contribution is 2.48. The van der Waals surface area contributed by atoms with Crippen molar-refractivity contribution in [2.75, 3.05) is 26.8 Å². The summed E-state index contributed by atoms with van der Waals surface area (Å²) >= 11 is 0. The van der Waals surface area contributed by atoms with Gasteiger partial charge in [-0.15, -0.1) is 0 Å². The van der Waals surface area contributed by atoms with E-state index in [4.69, 9.17) is 14.2 Å². The zero-order valence-corrected chi connectivity index (χ0v) is 12.3. The van der Waals surface area contributed by atoms with Crippen LogP contribution in [0.2, 0.25) is 0 Å². The molecule has 1 atom stereocenters. The second kappa shape index (κ2) is 5.62. The molecule has 1 N–H and O–H groups in total. The van der Waals surface area contributed by atoms with Crippen LogP contribution in [0.1, 0.15) is 37.9 Å². The van der Waals surface area contributed by atoms with Crippen molar-refractivity contribution in [2.24, 2.45) is 0 Å². The summed E-state index contributed by atoms with van der Waals surface area (Å²) in [5.41, 5.74) is 0.991. The Morgan fingerprint density at radius 1 is 1.35 bits per heavy atom. The highest BCUT2D eigenvalue weighted by atomic mass is 16.5. The molecule has 2 aliphatic heterocycles. The molecule has 1 spiro atoms. The summed E-state index contributed by atoms with van der Waals surface area (Å²) in [6, 6.07) is 6.00. The molecule has 1 fully saturated rings. The van der Waals surface area contributed by atoms with Gasteiger partial charge in [0.1, 0.15) is 17.1 Å². The van der Waals surface area contributed by atoms with Crippen LogP contribution in [0.15, 0.2) is 18.2 Å². The molecule has 0 amide bonds. The third-order valence-electron chi connectivity index (χ3n) is 4.33. The Balaban J connectivity index is 1.98. The van der Waals surface area contributed by atoms with Gasteiger partial charge in [-0.05, 0) is 45.0 Å². The molecule has 0 bridgehead atoms. The van der Waals surface area contributed by atoms with Gasteiger partial charge in [0.15, 0.2) is 0 Å². The van der Waals surface area contributed by atoms with E-state index in [0.29, 0.717) is 6.61 Å². The van der Waals surface area contributed by atoms with E-state index in [1.807, 2.05) is 25.1 Å². The molecular weight excluding hydrogens is 254 g/mol. The lowest BCUT2D eigenvalue weighted by molar-refractivity contribution is -0.0599. The van der Waals surface area contributed by atoms with E-state index in [1.54, 1.807) is 7.11 Å². The molecule has 4 nitrogen and oxygen atoms in total. The fourth-order valence-electron chi connectivity index (χ4n) is 3.36. The van der Waals surface area contributed by atoms with Crippen molar-refractivity contribution in [3.8, 4) is 11.5 Å². The summed E-state index contributed by atoms with van der Waals surface area (Å²) in [5, 5.41) is 3.40. The van der Waals surface area contributed by atoms with E-state index in [1.165, 1.54) is 0 Å². The third kappa shape index (κ3) is 2.38. The molecule has 2 aliphatic rings. The molecular formula is C16H23NO3. The molecule has 1 aromatic rings. The lowest BCUT2D eigenvalue weighted by Crippen LogP contribution is -2.49. The minimum atomic E-state index is -0.0789. The highest BCUT2D eigenvalue weighted by Gasteiger charge is 2.43. The predicted molar refractivity (Wildman–Crippen MR) is 77.4 cm³/mol. The van der Waals surface area contributed by atoms with Gasteiger partial charge in [0, 0.05) is 13.0 Å². The highest BCUT2D eigenvalue weighted by molar-refractivity contribution is 5.48. The first kappa shape index (κ1) is 13.7. The van der Waals surface area contributed by atoms with E-state index >= 15 is 0 Å². The fraction of sp³-hybridized carbons (Fsp3) is 0.625. The molecule has 1 saturated heterocycles. The smallest absolute Gasteiger partial charge is 0.129 e. The zero-order valence-electron chi connectivity index (χ0n) is 12.3. The first-order valence-electron chi connectivity index (χ1n) is 7.46. The van der Waals surface area contributed by atoms with E-state index in [9.17, 15) is 0 Å². The lowest BCUT2D eigenvalue weighted by atomic mass is 9.82. The second-order valence-electron chi connectivity index (χ2n) is 5.56. The fourth-order valence-corrected chi connectivity index (χ4v) is 3.36. The van der Waals surface area contributed by atoms with Gasteiger partial charge < -0.3 is 19.5 Å². The Morgan fingerprint density at radius 2 is 2.15 bits per heavy atom. The summed E-state index contributed by atoms with van der Waals surface area (Å²) in [7, 11) is 1.70. The molecule has 0 radical (unpaired) electrons. The number of hydrogen-bond donors (Lipinski definition) is 1. The van der Waals surface area contributed by atoms with Crippen molar-refractivity contribution in [3.63, 3.8) is 0 Å². The standard InChI is InChI=1S/C16H23NO3/c1-3-19-14-11-16(7-9-17-10-8-16)20-13-6-4-5-12(18-2)15(13)14/h4-6,14,17H,3,7-11H2,1-2H3. The average molecular weight is 277 g/mol. The number of methoxy groups -OCH3 is 1. The van der Waals surface area contributed by atoms with Crippen LogP contribution < -0.4 is 14.8 Å². The van der Waals surface area contributed by atoms with Crippen LogP contribution in [0.5, 0.6) is 11.5 Å². The number of piperidine rings is 1. The summed E-state index contributed by atoms with van der Waals surface area (Å²) < 4.78 is 17.9. The molecule has 0 aliphatic carbocycles. The first-order valence-corrected chi connectivity index (χ1v) is 7.46. The molecule has 110 valence electrons. The predicted octanol–water partition coefficient (Wildman–Crippen LogP) is 2.68. The van der Waals surface area contributed by atoms with Gasteiger partial charge >= 0.3 is 0 Å². The van der Waals surface area contributed by atoms with Crippen molar-refractivity contribution >= 4 is 0 Å². The Morgan fingerprint density at radius 3 is 2.85 bits per heavy atom. The normalized spacial score (nSPS) is 24.0. The molecule has 1 aromatic carbocycles. The van der Waals surface area contributed by atoms with Gasteiger partial charge in [-0.1, -0.05) is 6.07 Å². The number of rotatable bonds is 3. The molecule has 3 rings (SSSR count). The molecule has 4 heteroatoms. The number of fused-ring (bicyclic) bond motifs is 1. The zero-order chi connectivity index (χ0) is 14.0. The monoisotopic (exact) mass is 277 g/mol. The van der Waals surface area contributed by atoms with Gasteiger partial charge in [-0.2, -0.15) is 0 Å². The maximum atomic E-state index is 6.38. The molecule has 2 heterocycles. The van der Waals surface area contributed by atoms with Crippen molar-refractivity contribution in [2.45, 2.75) is 37.9 Å². The number of nitrogens with one attached hydrogen (secondary N) is 1. The van der Waals surface area contributed by atoms with Crippen molar-refractivity contribution in [3.05, 3.63) is 23.8 Å². The van der Waals surface area contributed by atoms with E-state index in [0.717, 1.165) is 49.4 Å². The first-order chi connectivity index (χ1) is 9.78. The summed E-state index contributed by atoms with van der Waals surface area (Å²) in [6.45, 7) is 4.77. The Bertz CT molecular complexity index is 469. The minimum Gasteiger partial charge on any atom is -0.496 e.